The van der Waals surface area contributed by atoms with Crippen molar-refractivity contribution >= 4 is 12.0 Å². The summed E-state index contributed by atoms with van der Waals surface area (Å²) in [5, 5.41) is 8.47. The lowest BCUT2D eigenvalue weighted by atomic mass is 10.1. The van der Waals surface area contributed by atoms with Crippen molar-refractivity contribution in [2.75, 3.05) is 26.2 Å². The number of aromatic nitrogens is 4. The van der Waals surface area contributed by atoms with E-state index in [0.717, 1.165) is 29.9 Å². The van der Waals surface area contributed by atoms with Gasteiger partial charge in [-0.15, -0.1) is 0 Å². The predicted octanol–water partition coefficient (Wildman–Crippen LogP) is 3.59. The smallest absolute Gasteiger partial charge is 0.246 e. The summed E-state index contributed by atoms with van der Waals surface area (Å²) in [6.45, 7) is 5.46. The van der Waals surface area contributed by atoms with Gasteiger partial charge in [0.1, 0.15) is 0 Å². The van der Waals surface area contributed by atoms with Crippen molar-refractivity contribution in [3.8, 4) is 17.1 Å². The molecule has 5 rings (SSSR count). The first-order chi connectivity index (χ1) is 16.6. The first kappa shape index (κ1) is 21.8. The molecule has 0 bridgehead atoms. The number of carbonyl (C=O) groups is 1. The number of benzene rings is 2. The molecule has 8 nitrogen and oxygen atoms in total. The zero-order valence-corrected chi connectivity index (χ0v) is 19.0. The first-order valence-corrected chi connectivity index (χ1v) is 11.3. The van der Waals surface area contributed by atoms with E-state index in [1.54, 1.807) is 17.0 Å². The van der Waals surface area contributed by atoms with Crippen LogP contribution >= 0.6 is 0 Å². The van der Waals surface area contributed by atoms with Gasteiger partial charge in [-0.3, -0.25) is 9.69 Å². The minimum Gasteiger partial charge on any atom is -0.338 e. The molecule has 8 heteroatoms. The van der Waals surface area contributed by atoms with Crippen LogP contribution in [0, 0.1) is 6.92 Å². The number of aryl methyl sites for hydroxylation is 1. The highest BCUT2D eigenvalue weighted by atomic mass is 16.5. The Balaban J connectivity index is 1.12. The number of carbonyl (C=O) groups excluding carboxylic acids is 1. The van der Waals surface area contributed by atoms with Crippen LogP contribution in [-0.4, -0.2) is 61.8 Å². The fourth-order valence-electron chi connectivity index (χ4n) is 3.87. The van der Waals surface area contributed by atoms with Crippen LogP contribution < -0.4 is 0 Å². The van der Waals surface area contributed by atoms with E-state index in [2.05, 4.69) is 20.1 Å². The van der Waals surface area contributed by atoms with E-state index in [0.29, 0.717) is 31.3 Å². The number of amides is 1. The van der Waals surface area contributed by atoms with Gasteiger partial charge < -0.3 is 9.42 Å². The maximum Gasteiger partial charge on any atom is 0.246 e. The summed E-state index contributed by atoms with van der Waals surface area (Å²) >= 11 is 0. The fourth-order valence-corrected chi connectivity index (χ4v) is 3.87. The lowest BCUT2D eigenvalue weighted by Gasteiger charge is -2.33. The van der Waals surface area contributed by atoms with Crippen molar-refractivity contribution in [3.05, 3.63) is 90.1 Å². The molecule has 2 aromatic carbocycles. The Bertz CT molecular complexity index is 1270. The van der Waals surface area contributed by atoms with E-state index in [9.17, 15) is 4.79 Å². The van der Waals surface area contributed by atoms with Gasteiger partial charge in [0.2, 0.25) is 17.6 Å². The summed E-state index contributed by atoms with van der Waals surface area (Å²) in [6.07, 6.45) is 7.09. The van der Waals surface area contributed by atoms with Crippen LogP contribution in [0.3, 0.4) is 0 Å². The highest BCUT2D eigenvalue weighted by molar-refractivity contribution is 5.91. The highest BCUT2D eigenvalue weighted by Gasteiger charge is 2.21. The minimum absolute atomic E-state index is 0.00607. The molecule has 1 amide bonds. The number of hydrogen-bond acceptors (Lipinski definition) is 6. The second kappa shape index (κ2) is 9.84. The van der Waals surface area contributed by atoms with Gasteiger partial charge in [0.15, 0.2) is 0 Å². The quantitative estimate of drug-likeness (QED) is 0.414. The first-order valence-electron chi connectivity index (χ1n) is 11.3. The average Bonchev–Trinajstić information content (AvgIpc) is 3.54. The lowest BCUT2D eigenvalue weighted by molar-refractivity contribution is -0.127. The van der Waals surface area contributed by atoms with Gasteiger partial charge in [-0.1, -0.05) is 53.2 Å². The molecule has 0 radical (unpaired) electrons. The van der Waals surface area contributed by atoms with Crippen molar-refractivity contribution in [1.29, 1.82) is 0 Å². The molecule has 1 aliphatic rings. The largest absolute Gasteiger partial charge is 0.338 e. The third-order valence-corrected chi connectivity index (χ3v) is 5.86. The predicted molar refractivity (Wildman–Crippen MR) is 129 cm³/mol. The van der Waals surface area contributed by atoms with Crippen molar-refractivity contribution in [2.24, 2.45) is 0 Å². The highest BCUT2D eigenvalue weighted by Crippen LogP contribution is 2.17. The molecule has 4 aromatic rings. The van der Waals surface area contributed by atoms with Crippen molar-refractivity contribution in [1.82, 2.24) is 29.7 Å². The summed E-state index contributed by atoms with van der Waals surface area (Å²) in [6, 6.07) is 17.9. The number of nitrogens with zero attached hydrogens (tertiary/aromatic N) is 6. The normalized spacial score (nSPS) is 14.7. The molecule has 1 saturated heterocycles. The molecule has 172 valence electrons. The number of rotatable bonds is 6. The van der Waals surface area contributed by atoms with Crippen LogP contribution in [0.4, 0.5) is 0 Å². The summed E-state index contributed by atoms with van der Waals surface area (Å²) < 4.78 is 7.24. The topological polar surface area (TPSA) is 80.3 Å². The van der Waals surface area contributed by atoms with Gasteiger partial charge in [-0.05, 0) is 25.1 Å². The summed E-state index contributed by atoms with van der Waals surface area (Å²) in [5.41, 5.74) is 4.00. The molecule has 0 spiro atoms. The van der Waals surface area contributed by atoms with Crippen LogP contribution in [0.2, 0.25) is 0 Å². The molecule has 0 saturated carbocycles. The van der Waals surface area contributed by atoms with E-state index < -0.39 is 0 Å². The van der Waals surface area contributed by atoms with Gasteiger partial charge >= 0.3 is 0 Å². The van der Waals surface area contributed by atoms with Gasteiger partial charge in [0.25, 0.3) is 0 Å². The molecule has 2 aromatic heterocycles. The average molecular weight is 455 g/mol. The number of para-hydroxylation sites is 1. The molecule has 0 atom stereocenters. The van der Waals surface area contributed by atoms with Crippen molar-refractivity contribution in [2.45, 2.75) is 13.5 Å². The molecule has 34 heavy (non-hydrogen) atoms. The van der Waals surface area contributed by atoms with Crippen molar-refractivity contribution in [3.63, 3.8) is 0 Å². The summed E-state index contributed by atoms with van der Waals surface area (Å²) in [7, 11) is 0. The Morgan fingerprint density at radius 2 is 1.79 bits per heavy atom. The Morgan fingerprint density at radius 1 is 1.03 bits per heavy atom. The number of piperazine rings is 1. The zero-order chi connectivity index (χ0) is 23.3. The molecule has 0 N–H and O–H groups in total. The Kier molecular flexibility index (Phi) is 6.31. The number of hydrogen-bond donors (Lipinski definition) is 0. The van der Waals surface area contributed by atoms with E-state index in [4.69, 9.17) is 4.52 Å². The van der Waals surface area contributed by atoms with Crippen LogP contribution in [0.25, 0.3) is 23.2 Å². The van der Waals surface area contributed by atoms with E-state index in [-0.39, 0.29) is 5.91 Å². The second-order valence-electron chi connectivity index (χ2n) is 8.37. The molecular weight excluding hydrogens is 428 g/mol. The fraction of sp³-hybridized carbons (Fsp3) is 0.231. The van der Waals surface area contributed by atoms with Gasteiger partial charge in [-0.2, -0.15) is 10.1 Å². The standard InChI is InChI=1S/C26H26N6O2/c1-20-7-10-22(11-8-20)26-28-24(34-29-26)19-30-13-15-31(16-14-30)25(33)12-9-21-17-27-32(18-21)23-5-3-2-4-6-23/h2-12,17-18H,13-16,19H2,1H3/b12-9+. The summed E-state index contributed by atoms with van der Waals surface area (Å²) in [4.78, 5) is 21.3. The van der Waals surface area contributed by atoms with Gasteiger partial charge in [0, 0.05) is 49.6 Å². The Labute approximate surface area is 198 Å². The molecule has 3 heterocycles. The lowest BCUT2D eigenvalue weighted by Crippen LogP contribution is -2.47. The zero-order valence-electron chi connectivity index (χ0n) is 19.0. The summed E-state index contributed by atoms with van der Waals surface area (Å²) in [5.74, 6) is 1.20. The Hall–Kier alpha value is -4.04. The van der Waals surface area contributed by atoms with Gasteiger partial charge in [-0.25, -0.2) is 4.68 Å². The third-order valence-electron chi connectivity index (χ3n) is 5.86. The van der Waals surface area contributed by atoms with Crippen LogP contribution in [0.15, 0.2) is 77.6 Å². The van der Waals surface area contributed by atoms with Gasteiger partial charge in [0.05, 0.1) is 18.4 Å². The van der Waals surface area contributed by atoms with E-state index in [1.807, 2.05) is 78.7 Å². The maximum atomic E-state index is 12.6. The molecule has 0 unspecified atom stereocenters. The van der Waals surface area contributed by atoms with E-state index in [1.165, 1.54) is 5.56 Å². The van der Waals surface area contributed by atoms with E-state index >= 15 is 0 Å². The minimum atomic E-state index is 0.00607. The van der Waals surface area contributed by atoms with Crippen LogP contribution in [0.1, 0.15) is 17.0 Å². The second-order valence-corrected chi connectivity index (χ2v) is 8.37. The Morgan fingerprint density at radius 3 is 2.56 bits per heavy atom. The monoisotopic (exact) mass is 454 g/mol. The third kappa shape index (κ3) is 5.13. The molecule has 0 aliphatic carbocycles. The SMILES string of the molecule is Cc1ccc(-c2noc(CN3CCN(C(=O)/C=C/c4cnn(-c5ccccc5)c4)CC3)n2)cc1. The molecular formula is C26H26N6O2. The molecule has 1 aliphatic heterocycles. The maximum absolute atomic E-state index is 12.6. The van der Waals surface area contributed by atoms with Crippen LogP contribution in [0.5, 0.6) is 0 Å². The molecule has 1 fully saturated rings. The van der Waals surface area contributed by atoms with Crippen molar-refractivity contribution < 1.29 is 9.32 Å². The van der Waals surface area contributed by atoms with Crippen LogP contribution in [-0.2, 0) is 11.3 Å².